The molecule has 1 aromatic heterocycles. The highest BCUT2D eigenvalue weighted by Gasteiger charge is 2.57. The summed E-state index contributed by atoms with van der Waals surface area (Å²) in [6, 6.07) is 21.5. The summed E-state index contributed by atoms with van der Waals surface area (Å²) in [6.07, 6.45) is 1.62. The third-order valence-corrected chi connectivity index (χ3v) is 6.83. The molecule has 0 aliphatic carbocycles. The zero-order valence-corrected chi connectivity index (χ0v) is 18.2. The first kappa shape index (κ1) is 19.2. The van der Waals surface area contributed by atoms with E-state index in [1.54, 1.807) is 6.20 Å². The first-order chi connectivity index (χ1) is 16.7. The van der Waals surface area contributed by atoms with Crippen LogP contribution in [0.2, 0.25) is 0 Å². The molecular weight excluding hydrogens is 432 g/mol. The van der Waals surface area contributed by atoms with E-state index < -0.39 is 5.41 Å². The Morgan fingerprint density at radius 3 is 2.44 bits per heavy atom. The minimum Gasteiger partial charge on any atom is -0.491 e. The van der Waals surface area contributed by atoms with Crippen molar-refractivity contribution in [1.29, 1.82) is 0 Å². The number of carbonyl (C=O) groups excluding carboxylic acids is 1. The first-order valence-electron chi connectivity index (χ1n) is 11.2. The molecule has 0 saturated carbocycles. The number of aromatic nitrogens is 1. The van der Waals surface area contributed by atoms with Crippen LogP contribution in [0, 0.1) is 0 Å². The molecule has 1 amide bonds. The maximum atomic E-state index is 14.1. The lowest BCUT2D eigenvalue weighted by atomic mass is 9.77. The second-order valence-corrected chi connectivity index (χ2v) is 8.67. The predicted molar refractivity (Wildman–Crippen MR) is 123 cm³/mol. The molecule has 4 aromatic rings. The van der Waals surface area contributed by atoms with E-state index in [1.807, 2.05) is 71.6 Å². The number of rotatable bonds is 3. The molecule has 1 atom stereocenters. The van der Waals surface area contributed by atoms with Crippen LogP contribution < -0.4 is 19.1 Å². The summed E-state index contributed by atoms with van der Waals surface area (Å²) in [5.74, 6) is 2.70. The van der Waals surface area contributed by atoms with Crippen molar-refractivity contribution in [3.8, 4) is 28.6 Å². The van der Waals surface area contributed by atoms with Gasteiger partial charge in [0.15, 0.2) is 17.3 Å². The Bertz CT molecular complexity index is 1410. The number of fused-ring (bicyclic) bond motifs is 5. The third-order valence-electron chi connectivity index (χ3n) is 6.83. The van der Waals surface area contributed by atoms with E-state index >= 15 is 0 Å². The van der Waals surface area contributed by atoms with Crippen LogP contribution in [0.5, 0.6) is 17.2 Å². The van der Waals surface area contributed by atoms with Gasteiger partial charge in [-0.3, -0.25) is 4.79 Å². The lowest BCUT2D eigenvalue weighted by molar-refractivity contribution is -0.122. The fourth-order valence-electron chi connectivity index (χ4n) is 5.19. The van der Waals surface area contributed by atoms with Gasteiger partial charge in [-0.25, -0.2) is 0 Å². The molecule has 7 rings (SSSR count). The van der Waals surface area contributed by atoms with E-state index in [2.05, 4.69) is 5.16 Å². The van der Waals surface area contributed by atoms with Gasteiger partial charge in [0.2, 0.25) is 5.91 Å². The second-order valence-electron chi connectivity index (χ2n) is 8.67. The van der Waals surface area contributed by atoms with Crippen molar-refractivity contribution in [1.82, 2.24) is 5.16 Å². The number of benzene rings is 3. The fraction of sp³-hybridized carbons (Fsp3) is 0.185. The van der Waals surface area contributed by atoms with E-state index in [4.69, 9.17) is 18.7 Å². The topological polar surface area (TPSA) is 74.0 Å². The molecular formula is C27H20N2O5. The summed E-state index contributed by atoms with van der Waals surface area (Å²) in [5.41, 5.74) is 3.74. The molecule has 7 heteroatoms. The van der Waals surface area contributed by atoms with Gasteiger partial charge in [-0.15, -0.1) is 0 Å². The van der Waals surface area contributed by atoms with Crippen LogP contribution in [0.1, 0.15) is 16.7 Å². The lowest BCUT2D eigenvalue weighted by Gasteiger charge is -2.24. The minimum atomic E-state index is -0.901. The number of ether oxygens (including phenoxy) is 3. The summed E-state index contributed by atoms with van der Waals surface area (Å²) >= 11 is 0. The van der Waals surface area contributed by atoms with Gasteiger partial charge in [0.25, 0.3) is 0 Å². The molecule has 4 heterocycles. The summed E-state index contributed by atoms with van der Waals surface area (Å²) in [7, 11) is 0. The average Bonchev–Trinajstić information content (AvgIpc) is 3.60. The Morgan fingerprint density at radius 1 is 0.853 bits per heavy atom. The maximum absolute atomic E-state index is 14.1. The molecule has 168 valence electrons. The number of amides is 1. The number of hydrogen-bond acceptors (Lipinski definition) is 6. The Kier molecular flexibility index (Phi) is 4.03. The van der Waals surface area contributed by atoms with E-state index in [0.717, 1.165) is 27.9 Å². The van der Waals surface area contributed by atoms with Crippen LogP contribution in [0.25, 0.3) is 11.3 Å². The molecule has 0 bridgehead atoms. The van der Waals surface area contributed by atoms with Crippen LogP contribution >= 0.6 is 0 Å². The van der Waals surface area contributed by atoms with Gasteiger partial charge in [0.1, 0.15) is 31.0 Å². The number of anilines is 1. The van der Waals surface area contributed by atoms with E-state index in [0.29, 0.717) is 42.8 Å². The number of nitrogens with zero attached hydrogens (tertiary/aromatic N) is 2. The largest absolute Gasteiger partial charge is 0.491 e. The van der Waals surface area contributed by atoms with Crippen molar-refractivity contribution in [2.75, 3.05) is 24.7 Å². The van der Waals surface area contributed by atoms with Crippen LogP contribution in [0.15, 0.2) is 77.4 Å². The first-order valence-corrected chi connectivity index (χ1v) is 11.2. The number of hydrogen-bond donors (Lipinski definition) is 0. The van der Waals surface area contributed by atoms with Gasteiger partial charge in [-0.05, 0) is 23.3 Å². The maximum Gasteiger partial charge on any atom is 0.246 e. The molecule has 3 aliphatic heterocycles. The average molecular weight is 452 g/mol. The van der Waals surface area contributed by atoms with Crippen molar-refractivity contribution in [2.45, 2.75) is 12.0 Å². The van der Waals surface area contributed by atoms with Crippen molar-refractivity contribution in [3.05, 3.63) is 89.6 Å². The molecule has 0 N–H and O–H groups in total. The smallest absolute Gasteiger partial charge is 0.246 e. The zero-order chi connectivity index (χ0) is 22.7. The zero-order valence-electron chi connectivity index (χ0n) is 18.2. The highest BCUT2D eigenvalue weighted by Crippen LogP contribution is 2.55. The monoisotopic (exact) mass is 452 g/mol. The molecule has 1 unspecified atom stereocenters. The lowest BCUT2D eigenvalue weighted by Crippen LogP contribution is -2.42. The highest BCUT2D eigenvalue weighted by molar-refractivity contribution is 6.11. The minimum absolute atomic E-state index is 0.00318. The number of carbonyl (C=O) groups is 1. The van der Waals surface area contributed by atoms with Crippen molar-refractivity contribution in [3.63, 3.8) is 0 Å². The summed E-state index contributed by atoms with van der Waals surface area (Å²) < 4.78 is 22.9. The number of para-hydroxylation sites is 1. The van der Waals surface area contributed by atoms with Crippen molar-refractivity contribution < 1.29 is 23.5 Å². The van der Waals surface area contributed by atoms with Gasteiger partial charge in [-0.1, -0.05) is 47.6 Å². The SMILES string of the molecule is O=C1N(Cc2ccc(-c3ccno3)cc2)c2ccccc2C12COc1cc3c(cc12)OCCO3. The molecule has 3 aromatic carbocycles. The normalized spacial score (nSPS) is 19.8. The standard InChI is InChI=1S/C27H20N2O5/c30-26-27(16-33-23-14-25-24(13-20(23)27)31-11-12-32-25)19-3-1-2-4-21(19)29(26)15-17-5-7-18(8-6-17)22-9-10-28-34-22/h1-10,13-14H,11-12,15-16H2. The quantitative estimate of drug-likeness (QED) is 0.461. The van der Waals surface area contributed by atoms with Gasteiger partial charge in [-0.2, -0.15) is 0 Å². The third kappa shape index (κ3) is 2.64. The predicted octanol–water partition coefficient (Wildman–Crippen LogP) is 4.34. The Hall–Kier alpha value is -4.26. The van der Waals surface area contributed by atoms with Crippen LogP contribution in [0.4, 0.5) is 5.69 Å². The van der Waals surface area contributed by atoms with E-state index in [1.165, 1.54) is 0 Å². The van der Waals surface area contributed by atoms with E-state index in [-0.39, 0.29) is 12.5 Å². The molecule has 3 aliphatic rings. The van der Waals surface area contributed by atoms with Crippen LogP contribution in [0.3, 0.4) is 0 Å². The van der Waals surface area contributed by atoms with Gasteiger partial charge in [0, 0.05) is 28.9 Å². The molecule has 0 saturated heterocycles. The van der Waals surface area contributed by atoms with E-state index in [9.17, 15) is 4.79 Å². The Labute approximate surface area is 195 Å². The Balaban J connectivity index is 1.28. The van der Waals surface area contributed by atoms with Crippen molar-refractivity contribution >= 4 is 11.6 Å². The van der Waals surface area contributed by atoms with Gasteiger partial charge in [0.05, 0.1) is 12.7 Å². The molecule has 0 fully saturated rings. The highest BCUT2D eigenvalue weighted by atomic mass is 16.6. The van der Waals surface area contributed by atoms with Crippen LogP contribution in [-0.4, -0.2) is 30.9 Å². The molecule has 34 heavy (non-hydrogen) atoms. The van der Waals surface area contributed by atoms with Crippen LogP contribution in [-0.2, 0) is 16.8 Å². The molecule has 0 radical (unpaired) electrons. The van der Waals surface area contributed by atoms with Gasteiger partial charge >= 0.3 is 0 Å². The summed E-state index contributed by atoms with van der Waals surface area (Å²) in [4.78, 5) is 16.0. The molecule has 7 nitrogen and oxygen atoms in total. The molecule has 1 spiro atoms. The second kappa shape index (κ2) is 7.12. The van der Waals surface area contributed by atoms with Gasteiger partial charge < -0.3 is 23.6 Å². The summed E-state index contributed by atoms with van der Waals surface area (Å²) in [6.45, 7) is 1.69. The van der Waals surface area contributed by atoms with Crippen molar-refractivity contribution in [2.24, 2.45) is 0 Å². The summed E-state index contributed by atoms with van der Waals surface area (Å²) in [5, 5.41) is 3.77. The Morgan fingerprint density at radius 2 is 1.65 bits per heavy atom. The fourth-order valence-corrected chi connectivity index (χ4v) is 5.19.